The van der Waals surface area contributed by atoms with E-state index in [2.05, 4.69) is 4.90 Å². The Morgan fingerprint density at radius 1 is 1.15 bits per heavy atom. The number of benzene rings is 2. The first-order valence-corrected chi connectivity index (χ1v) is 8.84. The summed E-state index contributed by atoms with van der Waals surface area (Å²) in [6.07, 6.45) is 1.84. The Balaban J connectivity index is 1.68. The van der Waals surface area contributed by atoms with E-state index >= 15 is 0 Å². The molecule has 0 aliphatic carbocycles. The van der Waals surface area contributed by atoms with Crippen LogP contribution in [0, 0.1) is 0 Å². The van der Waals surface area contributed by atoms with Crippen LogP contribution < -0.4 is 4.90 Å². The number of likely N-dealkylation sites (N-methyl/N-ethyl adjacent to an activating group) is 1. The summed E-state index contributed by atoms with van der Waals surface area (Å²) >= 11 is 0. The lowest BCUT2D eigenvalue weighted by Gasteiger charge is -2.37. The van der Waals surface area contributed by atoms with Crippen molar-refractivity contribution < 1.29 is 14.3 Å². The number of rotatable bonds is 5. The van der Waals surface area contributed by atoms with Gasteiger partial charge in [0.1, 0.15) is 0 Å². The van der Waals surface area contributed by atoms with Gasteiger partial charge >= 0.3 is 5.97 Å². The van der Waals surface area contributed by atoms with Crippen LogP contribution in [0.3, 0.4) is 0 Å². The molecule has 0 aromatic heterocycles. The maximum Gasteiger partial charge on any atom is 0.337 e. The van der Waals surface area contributed by atoms with Crippen molar-refractivity contribution in [2.75, 3.05) is 25.6 Å². The fourth-order valence-electron chi connectivity index (χ4n) is 3.39. The molecule has 0 spiro atoms. The molecule has 1 aliphatic rings. The average molecular weight is 352 g/mol. The molecule has 136 valence electrons. The molecule has 2 aromatic carbocycles. The number of nitrogens with zero attached hydrogens (tertiary/aromatic N) is 2. The van der Waals surface area contributed by atoms with E-state index in [9.17, 15) is 9.59 Å². The minimum absolute atomic E-state index is 0.135. The zero-order valence-electron chi connectivity index (χ0n) is 15.2. The van der Waals surface area contributed by atoms with Crippen LogP contribution in [0.4, 0.5) is 5.69 Å². The number of methoxy groups -OCH3 is 1. The van der Waals surface area contributed by atoms with E-state index in [0.29, 0.717) is 12.1 Å². The summed E-state index contributed by atoms with van der Waals surface area (Å²) < 4.78 is 4.72. The molecule has 3 rings (SSSR count). The molecule has 0 bridgehead atoms. The lowest BCUT2D eigenvalue weighted by atomic mass is 10.0. The van der Waals surface area contributed by atoms with Gasteiger partial charge in [-0.25, -0.2) is 4.79 Å². The first kappa shape index (κ1) is 18.1. The van der Waals surface area contributed by atoms with Crippen LogP contribution in [0.15, 0.2) is 54.6 Å². The number of carbonyl (C=O) groups excluding carboxylic acids is 2. The summed E-state index contributed by atoms with van der Waals surface area (Å²) in [6.45, 7) is 1.42. The molecule has 1 saturated heterocycles. The van der Waals surface area contributed by atoms with E-state index in [1.165, 1.54) is 7.11 Å². The van der Waals surface area contributed by atoms with Gasteiger partial charge in [0.05, 0.1) is 18.7 Å². The lowest BCUT2D eigenvalue weighted by molar-refractivity contribution is -0.125. The van der Waals surface area contributed by atoms with Gasteiger partial charge in [-0.3, -0.25) is 9.69 Å². The van der Waals surface area contributed by atoms with Crippen LogP contribution in [0.25, 0.3) is 0 Å². The highest BCUT2D eigenvalue weighted by molar-refractivity contribution is 5.97. The zero-order chi connectivity index (χ0) is 18.5. The van der Waals surface area contributed by atoms with Crippen molar-refractivity contribution in [2.24, 2.45) is 0 Å². The second-order valence-electron chi connectivity index (χ2n) is 6.59. The van der Waals surface area contributed by atoms with E-state index in [-0.39, 0.29) is 17.9 Å². The van der Waals surface area contributed by atoms with Gasteiger partial charge in [0, 0.05) is 18.8 Å². The predicted octanol–water partition coefficient (Wildman–Crippen LogP) is 3.10. The van der Waals surface area contributed by atoms with E-state index in [0.717, 1.165) is 30.6 Å². The zero-order valence-corrected chi connectivity index (χ0v) is 15.2. The summed E-state index contributed by atoms with van der Waals surface area (Å²) in [4.78, 5) is 28.5. The minimum atomic E-state index is -0.342. The monoisotopic (exact) mass is 352 g/mol. The summed E-state index contributed by atoms with van der Waals surface area (Å²) in [7, 11) is 3.35. The third-order valence-corrected chi connectivity index (χ3v) is 4.82. The Hall–Kier alpha value is -2.66. The molecule has 26 heavy (non-hydrogen) atoms. The van der Waals surface area contributed by atoms with Crippen molar-refractivity contribution in [3.8, 4) is 0 Å². The summed E-state index contributed by atoms with van der Waals surface area (Å²) in [5, 5.41) is 0. The van der Waals surface area contributed by atoms with Crippen LogP contribution in [0.2, 0.25) is 0 Å². The molecule has 5 nitrogen and oxygen atoms in total. The van der Waals surface area contributed by atoms with Gasteiger partial charge in [-0.05, 0) is 49.7 Å². The third kappa shape index (κ3) is 3.94. The molecule has 1 fully saturated rings. The smallest absolute Gasteiger partial charge is 0.337 e. The normalized spacial score (nSPS) is 17.4. The van der Waals surface area contributed by atoms with Gasteiger partial charge in [0.2, 0.25) is 5.91 Å². The third-order valence-electron chi connectivity index (χ3n) is 4.82. The second kappa shape index (κ2) is 8.15. The summed E-state index contributed by atoms with van der Waals surface area (Å²) in [5.74, 6) is -0.193. The number of ether oxygens (including phenoxy) is 1. The predicted molar refractivity (Wildman–Crippen MR) is 101 cm³/mol. The number of esters is 1. The Morgan fingerprint density at radius 2 is 1.85 bits per heavy atom. The second-order valence-corrected chi connectivity index (χ2v) is 6.59. The molecule has 0 radical (unpaired) electrons. The van der Waals surface area contributed by atoms with Crippen molar-refractivity contribution in [3.63, 3.8) is 0 Å². The molecular weight excluding hydrogens is 328 g/mol. The molecule has 2 aromatic rings. The number of anilines is 1. The van der Waals surface area contributed by atoms with Crippen molar-refractivity contribution in [1.82, 2.24) is 4.90 Å². The molecule has 1 amide bonds. The number of hydrogen-bond acceptors (Lipinski definition) is 4. The highest BCUT2D eigenvalue weighted by Gasteiger charge is 2.32. The van der Waals surface area contributed by atoms with Crippen molar-refractivity contribution >= 4 is 17.6 Å². The summed E-state index contributed by atoms with van der Waals surface area (Å²) in [5.41, 5.74) is 2.55. The average Bonchev–Trinajstić information content (AvgIpc) is 2.68. The number of amides is 1. The van der Waals surface area contributed by atoms with Crippen LogP contribution in [-0.4, -0.2) is 43.5 Å². The van der Waals surface area contributed by atoms with E-state index in [4.69, 9.17) is 4.74 Å². The summed E-state index contributed by atoms with van der Waals surface area (Å²) in [6, 6.07) is 17.0. The van der Waals surface area contributed by atoms with E-state index in [1.807, 2.05) is 54.4 Å². The quantitative estimate of drug-likeness (QED) is 0.776. The molecule has 5 heteroatoms. The Kier molecular flexibility index (Phi) is 5.68. The van der Waals surface area contributed by atoms with Crippen LogP contribution in [-0.2, 0) is 16.1 Å². The van der Waals surface area contributed by atoms with Gasteiger partial charge in [-0.15, -0.1) is 0 Å². The van der Waals surface area contributed by atoms with Gasteiger partial charge in [0.15, 0.2) is 0 Å². The largest absolute Gasteiger partial charge is 0.465 e. The standard InChI is InChI=1S/C21H24N2O3/c1-22(15-16-10-12-17(13-11-16)21(25)26-2)19-9-6-14-23(20(19)24)18-7-4-3-5-8-18/h3-5,7-8,10-13,19H,6,9,14-15H2,1-2H3. The van der Waals surface area contributed by atoms with Gasteiger partial charge in [-0.2, -0.15) is 0 Å². The van der Waals surface area contributed by atoms with E-state index < -0.39 is 0 Å². The first-order chi connectivity index (χ1) is 12.6. The molecule has 1 atom stereocenters. The Labute approximate surface area is 154 Å². The molecule has 1 unspecified atom stereocenters. The van der Waals surface area contributed by atoms with Crippen molar-refractivity contribution in [1.29, 1.82) is 0 Å². The fourth-order valence-corrected chi connectivity index (χ4v) is 3.39. The number of piperidine rings is 1. The van der Waals surface area contributed by atoms with Crippen LogP contribution in [0.5, 0.6) is 0 Å². The Morgan fingerprint density at radius 3 is 2.50 bits per heavy atom. The van der Waals surface area contributed by atoms with Gasteiger partial charge in [0.25, 0.3) is 0 Å². The molecule has 1 heterocycles. The molecule has 1 aliphatic heterocycles. The maximum atomic E-state index is 13.0. The molecule has 0 N–H and O–H groups in total. The van der Waals surface area contributed by atoms with Crippen LogP contribution in [0.1, 0.15) is 28.8 Å². The van der Waals surface area contributed by atoms with Crippen molar-refractivity contribution in [2.45, 2.75) is 25.4 Å². The molecular formula is C21H24N2O3. The SMILES string of the molecule is COC(=O)c1ccc(CN(C)C2CCCN(c3ccccc3)C2=O)cc1. The Bertz CT molecular complexity index is 759. The maximum absolute atomic E-state index is 13.0. The van der Waals surface area contributed by atoms with Crippen LogP contribution >= 0.6 is 0 Å². The van der Waals surface area contributed by atoms with Crippen molar-refractivity contribution in [3.05, 3.63) is 65.7 Å². The number of carbonyl (C=O) groups is 2. The van der Waals surface area contributed by atoms with Gasteiger partial charge in [-0.1, -0.05) is 30.3 Å². The number of para-hydroxylation sites is 1. The topological polar surface area (TPSA) is 49.9 Å². The van der Waals surface area contributed by atoms with E-state index in [1.54, 1.807) is 12.1 Å². The lowest BCUT2D eigenvalue weighted by Crippen LogP contribution is -2.51. The first-order valence-electron chi connectivity index (χ1n) is 8.84. The van der Waals surface area contributed by atoms with Gasteiger partial charge < -0.3 is 9.64 Å². The highest BCUT2D eigenvalue weighted by Crippen LogP contribution is 2.24. The number of hydrogen-bond donors (Lipinski definition) is 0. The minimum Gasteiger partial charge on any atom is -0.465 e. The highest BCUT2D eigenvalue weighted by atomic mass is 16.5. The fraction of sp³-hybridized carbons (Fsp3) is 0.333. The molecule has 0 saturated carbocycles.